The van der Waals surface area contributed by atoms with Gasteiger partial charge in [-0.2, -0.15) is 0 Å². The number of rotatable bonds is 13. The third-order valence-electron chi connectivity index (χ3n) is 2.74. The van der Waals surface area contributed by atoms with Crippen LogP contribution in [0.25, 0.3) is 0 Å². The van der Waals surface area contributed by atoms with Gasteiger partial charge in [-0.25, -0.2) is 0 Å². The molecule has 0 saturated carbocycles. The molecular formula is C16H30O2. The van der Waals surface area contributed by atoms with E-state index in [9.17, 15) is 0 Å². The second-order valence-corrected chi connectivity index (χ2v) is 4.51. The average molecular weight is 254 g/mol. The lowest BCUT2D eigenvalue weighted by molar-refractivity contribution is 0.238. The number of ether oxygens (including phenoxy) is 2. The lowest BCUT2D eigenvalue weighted by Gasteiger charge is -2.03. The molecule has 0 saturated heterocycles. The van der Waals surface area contributed by atoms with E-state index in [0.717, 1.165) is 13.2 Å². The van der Waals surface area contributed by atoms with E-state index in [2.05, 4.69) is 0 Å². The Morgan fingerprint density at radius 3 is 1.22 bits per heavy atom. The van der Waals surface area contributed by atoms with Crippen LogP contribution in [-0.2, 0) is 9.47 Å². The van der Waals surface area contributed by atoms with Crippen LogP contribution >= 0.6 is 0 Å². The van der Waals surface area contributed by atoms with Crippen LogP contribution in [0.3, 0.4) is 0 Å². The Labute approximate surface area is 113 Å². The largest absolute Gasteiger partial charge is 0.502 e. The number of hydrogen-bond acceptors (Lipinski definition) is 2. The first-order chi connectivity index (χ1) is 8.91. The molecule has 0 aromatic heterocycles. The van der Waals surface area contributed by atoms with Gasteiger partial charge in [0.15, 0.2) is 0 Å². The zero-order valence-electron chi connectivity index (χ0n) is 12.2. The van der Waals surface area contributed by atoms with Crippen LogP contribution in [-0.4, -0.2) is 13.2 Å². The van der Waals surface area contributed by atoms with Crippen LogP contribution in [0.1, 0.15) is 65.2 Å². The van der Waals surface area contributed by atoms with E-state index < -0.39 is 0 Å². The summed E-state index contributed by atoms with van der Waals surface area (Å²) in [7, 11) is 0. The minimum absolute atomic E-state index is 0.868. The summed E-state index contributed by atoms with van der Waals surface area (Å²) < 4.78 is 10.5. The van der Waals surface area contributed by atoms with Crippen LogP contribution < -0.4 is 0 Å². The second kappa shape index (κ2) is 16.1. The van der Waals surface area contributed by atoms with Gasteiger partial charge in [0.2, 0.25) is 0 Å². The molecule has 2 nitrogen and oxygen atoms in total. The molecule has 0 amide bonds. The minimum atomic E-state index is 0.868. The van der Waals surface area contributed by atoms with Crippen molar-refractivity contribution in [1.82, 2.24) is 0 Å². The smallest absolute Gasteiger partial charge is 0.0873 e. The van der Waals surface area contributed by atoms with Crippen molar-refractivity contribution >= 4 is 0 Å². The van der Waals surface area contributed by atoms with Crippen molar-refractivity contribution in [2.24, 2.45) is 0 Å². The molecule has 0 aromatic rings. The standard InChI is InChI=1S/C16H30O2/c1-3-13-17-15-11-9-7-5-6-8-10-12-16-18-14-4-2/h3-4,13-14H,5-12,15-16H2,1-2H3. The Hall–Kier alpha value is -0.920. The highest BCUT2D eigenvalue weighted by atomic mass is 16.5. The van der Waals surface area contributed by atoms with Gasteiger partial charge in [-0.3, -0.25) is 0 Å². The summed E-state index contributed by atoms with van der Waals surface area (Å²) in [6, 6.07) is 0. The highest BCUT2D eigenvalue weighted by Gasteiger charge is 1.92. The molecule has 0 spiro atoms. The van der Waals surface area contributed by atoms with Crippen molar-refractivity contribution in [3.63, 3.8) is 0 Å². The predicted molar refractivity (Wildman–Crippen MR) is 78.5 cm³/mol. The van der Waals surface area contributed by atoms with Crippen molar-refractivity contribution < 1.29 is 9.47 Å². The third-order valence-corrected chi connectivity index (χ3v) is 2.74. The van der Waals surface area contributed by atoms with E-state index in [1.165, 1.54) is 51.4 Å². The summed E-state index contributed by atoms with van der Waals surface area (Å²) in [4.78, 5) is 0. The van der Waals surface area contributed by atoms with Gasteiger partial charge in [-0.1, -0.05) is 50.7 Å². The molecule has 0 unspecified atom stereocenters. The van der Waals surface area contributed by atoms with E-state index in [1.807, 2.05) is 26.0 Å². The zero-order valence-corrected chi connectivity index (χ0v) is 12.2. The highest BCUT2D eigenvalue weighted by Crippen LogP contribution is 2.08. The van der Waals surface area contributed by atoms with Crippen LogP contribution in [0.5, 0.6) is 0 Å². The van der Waals surface area contributed by atoms with Crippen molar-refractivity contribution in [3.05, 3.63) is 24.7 Å². The van der Waals surface area contributed by atoms with Crippen LogP contribution in [0, 0.1) is 0 Å². The van der Waals surface area contributed by atoms with Crippen LogP contribution in [0.2, 0.25) is 0 Å². The Kier molecular flexibility index (Phi) is 15.3. The fourth-order valence-corrected chi connectivity index (χ4v) is 1.76. The molecule has 0 aliphatic heterocycles. The zero-order chi connectivity index (χ0) is 13.3. The van der Waals surface area contributed by atoms with E-state index in [1.54, 1.807) is 12.5 Å². The SMILES string of the molecule is CC=COCCCCCCCCCCOC=CC. The fourth-order valence-electron chi connectivity index (χ4n) is 1.76. The molecule has 0 aliphatic rings. The van der Waals surface area contributed by atoms with Crippen LogP contribution in [0.4, 0.5) is 0 Å². The summed E-state index contributed by atoms with van der Waals surface area (Å²) in [5, 5.41) is 0. The van der Waals surface area contributed by atoms with Gasteiger partial charge >= 0.3 is 0 Å². The molecule has 0 aliphatic carbocycles. The van der Waals surface area contributed by atoms with Gasteiger partial charge in [0.1, 0.15) is 0 Å². The minimum Gasteiger partial charge on any atom is -0.502 e. The molecule has 0 bridgehead atoms. The molecule has 0 N–H and O–H groups in total. The lowest BCUT2D eigenvalue weighted by Crippen LogP contribution is -1.89. The average Bonchev–Trinajstić information content (AvgIpc) is 2.39. The Balaban J connectivity index is 2.94. The van der Waals surface area contributed by atoms with Crippen molar-refractivity contribution in [2.45, 2.75) is 65.2 Å². The van der Waals surface area contributed by atoms with Gasteiger partial charge in [-0.15, -0.1) is 0 Å². The summed E-state index contributed by atoms with van der Waals surface area (Å²) in [5.74, 6) is 0. The number of unbranched alkanes of at least 4 members (excludes halogenated alkanes) is 7. The fraction of sp³-hybridized carbons (Fsp3) is 0.750. The lowest BCUT2D eigenvalue weighted by atomic mass is 10.1. The molecule has 0 heterocycles. The molecule has 0 radical (unpaired) electrons. The molecule has 0 atom stereocenters. The second-order valence-electron chi connectivity index (χ2n) is 4.51. The van der Waals surface area contributed by atoms with Gasteiger partial charge < -0.3 is 9.47 Å². The van der Waals surface area contributed by atoms with Crippen molar-refractivity contribution in [1.29, 1.82) is 0 Å². The van der Waals surface area contributed by atoms with Gasteiger partial charge in [-0.05, 0) is 26.7 Å². The molecule has 0 rings (SSSR count). The first-order valence-corrected chi connectivity index (χ1v) is 7.37. The molecule has 18 heavy (non-hydrogen) atoms. The Bertz CT molecular complexity index is 175. The van der Waals surface area contributed by atoms with E-state index >= 15 is 0 Å². The predicted octanol–water partition coefficient (Wildman–Crippen LogP) is 5.21. The summed E-state index contributed by atoms with van der Waals surface area (Å²) in [6.45, 7) is 5.69. The molecule has 0 aromatic carbocycles. The normalized spacial score (nSPS) is 11.4. The summed E-state index contributed by atoms with van der Waals surface area (Å²) in [6.07, 6.45) is 17.8. The van der Waals surface area contributed by atoms with Crippen LogP contribution in [0.15, 0.2) is 24.7 Å². The maximum atomic E-state index is 5.27. The topological polar surface area (TPSA) is 18.5 Å². The van der Waals surface area contributed by atoms with Crippen molar-refractivity contribution in [2.75, 3.05) is 13.2 Å². The van der Waals surface area contributed by atoms with E-state index in [-0.39, 0.29) is 0 Å². The first-order valence-electron chi connectivity index (χ1n) is 7.37. The van der Waals surface area contributed by atoms with E-state index in [4.69, 9.17) is 9.47 Å². The maximum Gasteiger partial charge on any atom is 0.0873 e. The third kappa shape index (κ3) is 15.1. The maximum absolute atomic E-state index is 5.27. The van der Waals surface area contributed by atoms with Gasteiger partial charge in [0.25, 0.3) is 0 Å². The molecular weight excluding hydrogens is 224 g/mol. The number of allylic oxidation sites excluding steroid dienone is 2. The quantitative estimate of drug-likeness (QED) is 0.332. The highest BCUT2D eigenvalue weighted by molar-refractivity contribution is 4.65. The van der Waals surface area contributed by atoms with Gasteiger partial charge in [0.05, 0.1) is 25.7 Å². The molecule has 106 valence electrons. The number of hydrogen-bond donors (Lipinski definition) is 0. The van der Waals surface area contributed by atoms with E-state index in [0.29, 0.717) is 0 Å². The molecule has 2 heteroatoms. The van der Waals surface area contributed by atoms with Gasteiger partial charge in [0, 0.05) is 0 Å². The Morgan fingerprint density at radius 1 is 0.556 bits per heavy atom. The summed E-state index contributed by atoms with van der Waals surface area (Å²) in [5.41, 5.74) is 0. The monoisotopic (exact) mass is 254 g/mol. The van der Waals surface area contributed by atoms with Crippen molar-refractivity contribution in [3.8, 4) is 0 Å². The first kappa shape index (κ1) is 17.1. The Morgan fingerprint density at radius 2 is 0.889 bits per heavy atom. The summed E-state index contributed by atoms with van der Waals surface area (Å²) >= 11 is 0. The molecule has 0 fully saturated rings.